The summed E-state index contributed by atoms with van der Waals surface area (Å²) < 4.78 is 13.1. The number of rotatable bonds is 2. The first kappa shape index (κ1) is 12.8. The number of aromatic nitrogens is 4. The molecule has 1 spiro atoms. The maximum absolute atomic E-state index is 11.5. The summed E-state index contributed by atoms with van der Waals surface area (Å²) in [5.41, 5.74) is 0.0600. The van der Waals surface area contributed by atoms with E-state index in [9.17, 15) is 4.79 Å². The normalized spacial score (nSPS) is 24.7. The maximum atomic E-state index is 11.5. The molecule has 0 amide bonds. The van der Waals surface area contributed by atoms with Gasteiger partial charge in [-0.05, 0) is 32.0 Å². The third-order valence-corrected chi connectivity index (χ3v) is 4.23. The SMILES string of the molecule is O=c1[nH]nc2ccc(OC3COC4(CCNCC4)C3)nn12. The largest absolute Gasteiger partial charge is 0.471 e. The van der Waals surface area contributed by atoms with Crippen LogP contribution in [0.5, 0.6) is 5.88 Å². The molecule has 0 bridgehead atoms. The van der Waals surface area contributed by atoms with Gasteiger partial charge < -0.3 is 14.8 Å². The van der Waals surface area contributed by atoms with Gasteiger partial charge in [0.25, 0.3) is 0 Å². The molecule has 8 nitrogen and oxygen atoms in total. The first-order valence-corrected chi connectivity index (χ1v) is 7.20. The molecule has 2 saturated heterocycles. The van der Waals surface area contributed by atoms with Gasteiger partial charge in [0, 0.05) is 12.5 Å². The predicted molar refractivity (Wildman–Crippen MR) is 73.4 cm³/mol. The number of hydrogen-bond acceptors (Lipinski definition) is 6. The van der Waals surface area contributed by atoms with E-state index in [0.717, 1.165) is 32.4 Å². The van der Waals surface area contributed by atoms with Crippen LogP contribution in [-0.4, -0.2) is 51.2 Å². The number of nitrogens with zero attached hydrogens (tertiary/aromatic N) is 3. The Morgan fingerprint density at radius 2 is 2.24 bits per heavy atom. The molecule has 4 rings (SSSR count). The zero-order valence-corrected chi connectivity index (χ0v) is 11.5. The van der Waals surface area contributed by atoms with Crippen molar-refractivity contribution in [2.75, 3.05) is 19.7 Å². The molecular weight excluding hydrogens is 274 g/mol. The van der Waals surface area contributed by atoms with E-state index in [1.807, 2.05) is 0 Å². The standard InChI is InChI=1S/C13H17N5O3/c19-12-16-15-10-1-2-11(17-18(10)12)21-9-7-13(20-8-9)3-5-14-6-4-13/h1-2,9,14H,3-8H2,(H,16,19). The first-order valence-electron chi connectivity index (χ1n) is 7.20. The maximum Gasteiger partial charge on any atom is 0.364 e. The number of H-pyrrole nitrogens is 1. The van der Waals surface area contributed by atoms with Gasteiger partial charge in [0.2, 0.25) is 5.88 Å². The fourth-order valence-electron chi connectivity index (χ4n) is 3.13. The third kappa shape index (κ3) is 2.30. The smallest absolute Gasteiger partial charge is 0.364 e. The molecule has 112 valence electrons. The molecular formula is C13H17N5O3. The number of aromatic amines is 1. The van der Waals surface area contributed by atoms with Gasteiger partial charge in [0.1, 0.15) is 6.10 Å². The molecule has 1 atom stereocenters. The minimum atomic E-state index is -0.368. The molecule has 2 fully saturated rings. The number of nitrogens with one attached hydrogen (secondary N) is 2. The minimum absolute atomic E-state index is 0.0179. The highest BCUT2D eigenvalue weighted by Crippen LogP contribution is 2.35. The Balaban J connectivity index is 1.50. The van der Waals surface area contributed by atoms with Crippen molar-refractivity contribution in [2.45, 2.75) is 31.0 Å². The molecule has 2 aromatic rings. The second-order valence-electron chi connectivity index (χ2n) is 5.66. The monoisotopic (exact) mass is 291 g/mol. The topological polar surface area (TPSA) is 93.5 Å². The van der Waals surface area contributed by atoms with Crippen LogP contribution in [0.15, 0.2) is 16.9 Å². The van der Waals surface area contributed by atoms with Gasteiger partial charge in [-0.15, -0.1) is 5.10 Å². The summed E-state index contributed by atoms with van der Waals surface area (Å²) in [6.45, 7) is 2.54. The van der Waals surface area contributed by atoms with Crippen LogP contribution in [0.25, 0.3) is 5.65 Å². The van der Waals surface area contributed by atoms with E-state index < -0.39 is 0 Å². The van der Waals surface area contributed by atoms with Crippen molar-refractivity contribution in [2.24, 2.45) is 0 Å². The van der Waals surface area contributed by atoms with Crippen molar-refractivity contribution in [3.05, 3.63) is 22.6 Å². The fourth-order valence-corrected chi connectivity index (χ4v) is 3.13. The quantitative estimate of drug-likeness (QED) is 0.789. The Bertz CT molecular complexity index is 703. The summed E-state index contributed by atoms with van der Waals surface area (Å²) in [6, 6.07) is 3.43. The lowest BCUT2D eigenvalue weighted by atomic mass is 9.89. The van der Waals surface area contributed by atoms with E-state index in [-0.39, 0.29) is 17.4 Å². The zero-order chi connectivity index (χ0) is 14.3. The van der Waals surface area contributed by atoms with Crippen molar-refractivity contribution in [3.63, 3.8) is 0 Å². The predicted octanol–water partition coefficient (Wildman–Crippen LogP) is -0.293. The second-order valence-corrected chi connectivity index (χ2v) is 5.66. The van der Waals surface area contributed by atoms with Crippen LogP contribution >= 0.6 is 0 Å². The fraction of sp³-hybridized carbons (Fsp3) is 0.615. The summed E-state index contributed by atoms with van der Waals surface area (Å²) in [7, 11) is 0. The van der Waals surface area contributed by atoms with E-state index in [2.05, 4.69) is 20.6 Å². The van der Waals surface area contributed by atoms with Crippen LogP contribution in [0.2, 0.25) is 0 Å². The summed E-state index contributed by atoms with van der Waals surface area (Å²) in [5.74, 6) is 0.422. The van der Waals surface area contributed by atoms with Crippen molar-refractivity contribution >= 4 is 5.65 Å². The molecule has 0 aliphatic carbocycles. The van der Waals surface area contributed by atoms with Gasteiger partial charge in [0.05, 0.1) is 12.2 Å². The van der Waals surface area contributed by atoms with E-state index >= 15 is 0 Å². The Hall–Kier alpha value is -1.93. The van der Waals surface area contributed by atoms with Crippen molar-refractivity contribution in [3.8, 4) is 5.88 Å². The number of hydrogen-bond donors (Lipinski definition) is 2. The average molecular weight is 291 g/mol. The second kappa shape index (κ2) is 4.81. The van der Waals surface area contributed by atoms with Gasteiger partial charge in [-0.1, -0.05) is 0 Å². The van der Waals surface area contributed by atoms with E-state index in [1.165, 1.54) is 4.52 Å². The molecule has 8 heteroatoms. The Morgan fingerprint density at radius 1 is 1.38 bits per heavy atom. The Labute approximate surface area is 120 Å². The summed E-state index contributed by atoms with van der Waals surface area (Å²) in [4.78, 5) is 11.5. The molecule has 0 aromatic carbocycles. The minimum Gasteiger partial charge on any atom is -0.471 e. The lowest BCUT2D eigenvalue weighted by Crippen LogP contribution is -2.41. The molecule has 4 heterocycles. The molecule has 2 aliphatic rings. The number of fused-ring (bicyclic) bond motifs is 1. The molecule has 0 saturated carbocycles. The van der Waals surface area contributed by atoms with Crippen molar-refractivity contribution in [1.29, 1.82) is 0 Å². The number of ether oxygens (including phenoxy) is 2. The molecule has 2 aliphatic heterocycles. The molecule has 2 aromatic heterocycles. The van der Waals surface area contributed by atoms with Crippen LogP contribution in [0.4, 0.5) is 0 Å². The lowest BCUT2D eigenvalue weighted by Gasteiger charge is -2.32. The molecule has 1 unspecified atom stereocenters. The Morgan fingerprint density at radius 3 is 3.10 bits per heavy atom. The van der Waals surface area contributed by atoms with Crippen molar-refractivity contribution in [1.82, 2.24) is 25.1 Å². The lowest BCUT2D eigenvalue weighted by molar-refractivity contribution is -0.0206. The van der Waals surface area contributed by atoms with Gasteiger partial charge in [-0.3, -0.25) is 0 Å². The highest BCUT2D eigenvalue weighted by Gasteiger charge is 2.42. The van der Waals surface area contributed by atoms with Gasteiger partial charge in [0.15, 0.2) is 5.65 Å². The highest BCUT2D eigenvalue weighted by molar-refractivity contribution is 5.35. The van der Waals surface area contributed by atoms with Crippen molar-refractivity contribution < 1.29 is 9.47 Å². The van der Waals surface area contributed by atoms with E-state index in [0.29, 0.717) is 18.1 Å². The summed E-state index contributed by atoms with van der Waals surface area (Å²) in [6.07, 6.45) is 2.88. The van der Waals surface area contributed by atoms with Crippen LogP contribution < -0.4 is 15.7 Å². The average Bonchev–Trinajstić information content (AvgIpc) is 3.05. The summed E-state index contributed by atoms with van der Waals surface area (Å²) in [5, 5.41) is 13.7. The van der Waals surface area contributed by atoms with Crippen LogP contribution in [0, 0.1) is 0 Å². The Kier molecular flexibility index (Phi) is 2.93. The van der Waals surface area contributed by atoms with Gasteiger partial charge >= 0.3 is 5.69 Å². The van der Waals surface area contributed by atoms with Crippen LogP contribution in [0.1, 0.15) is 19.3 Å². The van der Waals surface area contributed by atoms with Gasteiger partial charge in [-0.2, -0.15) is 9.61 Å². The first-order chi connectivity index (χ1) is 10.2. The van der Waals surface area contributed by atoms with Gasteiger partial charge in [-0.25, -0.2) is 9.89 Å². The molecule has 21 heavy (non-hydrogen) atoms. The van der Waals surface area contributed by atoms with Crippen LogP contribution in [-0.2, 0) is 4.74 Å². The summed E-state index contributed by atoms with van der Waals surface area (Å²) >= 11 is 0. The van der Waals surface area contributed by atoms with E-state index in [4.69, 9.17) is 9.47 Å². The number of piperidine rings is 1. The molecule has 0 radical (unpaired) electrons. The van der Waals surface area contributed by atoms with Crippen LogP contribution in [0.3, 0.4) is 0 Å². The third-order valence-electron chi connectivity index (χ3n) is 4.23. The zero-order valence-electron chi connectivity index (χ0n) is 11.5. The highest BCUT2D eigenvalue weighted by atomic mass is 16.6. The molecule has 2 N–H and O–H groups in total. The van der Waals surface area contributed by atoms with E-state index in [1.54, 1.807) is 12.1 Å².